The van der Waals surface area contributed by atoms with E-state index in [9.17, 15) is 9.59 Å². The average molecular weight is 565 g/mol. The van der Waals surface area contributed by atoms with E-state index in [-0.39, 0.29) is 18.2 Å². The van der Waals surface area contributed by atoms with Crippen molar-refractivity contribution in [3.8, 4) is 11.5 Å². The molecule has 0 radical (unpaired) electrons. The lowest BCUT2D eigenvalue weighted by atomic mass is 10.0. The van der Waals surface area contributed by atoms with Crippen LogP contribution in [0.3, 0.4) is 0 Å². The molecule has 3 aromatic carbocycles. The lowest BCUT2D eigenvalue weighted by Gasteiger charge is -2.32. The molecular weight excluding hydrogens is 524 g/mol. The molecule has 0 saturated heterocycles. The van der Waals surface area contributed by atoms with Crippen molar-refractivity contribution in [1.82, 2.24) is 10.2 Å². The fourth-order valence-electron chi connectivity index (χ4n) is 4.41. The second-order valence-electron chi connectivity index (χ2n) is 10.1. The van der Waals surface area contributed by atoms with Gasteiger partial charge in [-0.25, -0.2) is 0 Å². The van der Waals surface area contributed by atoms with Crippen molar-refractivity contribution < 1.29 is 19.1 Å². The van der Waals surface area contributed by atoms with Crippen LogP contribution >= 0.6 is 11.6 Å². The maximum Gasteiger partial charge on any atom is 0.243 e. The van der Waals surface area contributed by atoms with E-state index in [0.29, 0.717) is 61.6 Å². The highest BCUT2D eigenvalue weighted by Crippen LogP contribution is 2.29. The van der Waals surface area contributed by atoms with Crippen LogP contribution in [-0.4, -0.2) is 42.5 Å². The molecule has 6 nitrogen and oxygen atoms in total. The van der Waals surface area contributed by atoms with Gasteiger partial charge in [0.1, 0.15) is 6.04 Å². The number of nitrogens with zero attached hydrogens (tertiary/aromatic N) is 1. The van der Waals surface area contributed by atoms with E-state index in [0.717, 1.165) is 16.7 Å². The zero-order valence-electron chi connectivity index (χ0n) is 24.0. The molecule has 0 saturated carbocycles. The predicted molar refractivity (Wildman–Crippen MR) is 161 cm³/mol. The average Bonchev–Trinajstić information content (AvgIpc) is 2.95. The van der Waals surface area contributed by atoms with Crippen LogP contribution in [0.4, 0.5) is 0 Å². The summed E-state index contributed by atoms with van der Waals surface area (Å²) in [4.78, 5) is 29.2. The van der Waals surface area contributed by atoms with E-state index in [1.54, 1.807) is 17.0 Å². The van der Waals surface area contributed by atoms with Crippen molar-refractivity contribution in [1.29, 1.82) is 0 Å². The van der Waals surface area contributed by atoms with Crippen molar-refractivity contribution in [2.45, 2.75) is 59.5 Å². The molecule has 1 N–H and O–H groups in total. The Kier molecular flexibility index (Phi) is 12.4. The number of nitrogens with one attached hydrogen (secondary N) is 1. The quantitative estimate of drug-likeness (QED) is 0.229. The molecule has 1 unspecified atom stereocenters. The smallest absolute Gasteiger partial charge is 0.243 e. The van der Waals surface area contributed by atoms with Gasteiger partial charge in [-0.05, 0) is 67.1 Å². The number of carbonyl (C=O) groups excluding carboxylic acids is 2. The van der Waals surface area contributed by atoms with Crippen LogP contribution in [0.15, 0.2) is 72.8 Å². The molecule has 214 valence electrons. The summed E-state index contributed by atoms with van der Waals surface area (Å²) in [5, 5.41) is 3.68. The van der Waals surface area contributed by atoms with Gasteiger partial charge in [0.25, 0.3) is 0 Å². The molecule has 3 rings (SSSR count). The maximum absolute atomic E-state index is 13.9. The van der Waals surface area contributed by atoms with Gasteiger partial charge in [0.2, 0.25) is 11.8 Å². The first-order valence-electron chi connectivity index (χ1n) is 14.0. The number of carbonyl (C=O) groups is 2. The van der Waals surface area contributed by atoms with Crippen molar-refractivity contribution in [3.63, 3.8) is 0 Å². The van der Waals surface area contributed by atoms with Gasteiger partial charge in [-0.2, -0.15) is 0 Å². The monoisotopic (exact) mass is 564 g/mol. The molecule has 0 bridgehead atoms. The Balaban J connectivity index is 1.89. The molecule has 0 heterocycles. The van der Waals surface area contributed by atoms with E-state index in [1.807, 2.05) is 74.5 Å². The fraction of sp³-hybridized carbons (Fsp3) is 0.394. The van der Waals surface area contributed by atoms with Crippen molar-refractivity contribution in [2.75, 3.05) is 19.8 Å². The normalized spacial score (nSPS) is 11.7. The highest BCUT2D eigenvalue weighted by molar-refractivity contribution is 6.30. The Labute approximate surface area is 243 Å². The molecule has 0 aliphatic carbocycles. The highest BCUT2D eigenvalue weighted by Gasteiger charge is 2.30. The summed E-state index contributed by atoms with van der Waals surface area (Å²) in [7, 11) is 0. The summed E-state index contributed by atoms with van der Waals surface area (Å²) in [5.74, 6) is 1.40. The number of hydrogen-bond acceptors (Lipinski definition) is 4. The van der Waals surface area contributed by atoms with Crippen molar-refractivity contribution >= 4 is 23.4 Å². The second-order valence-corrected chi connectivity index (χ2v) is 10.6. The van der Waals surface area contributed by atoms with Gasteiger partial charge in [-0.1, -0.05) is 74.0 Å². The van der Waals surface area contributed by atoms with Crippen LogP contribution in [0.5, 0.6) is 11.5 Å². The molecule has 0 aliphatic heterocycles. The predicted octanol–water partition coefficient (Wildman–Crippen LogP) is 6.48. The lowest BCUT2D eigenvalue weighted by Crippen LogP contribution is -2.51. The van der Waals surface area contributed by atoms with Crippen molar-refractivity contribution in [2.24, 2.45) is 5.92 Å². The van der Waals surface area contributed by atoms with E-state index >= 15 is 0 Å². The summed E-state index contributed by atoms with van der Waals surface area (Å²) in [6, 6.07) is 22.3. The Morgan fingerprint density at radius 1 is 0.850 bits per heavy atom. The standard InChI is InChI=1S/C33H41ClN2O4/c1-5-39-30-18-14-26(21-31(30)40-6-2)15-19-32(37)36(23-27-12-16-28(34)17-13-27)29(33(38)35-22-24(3)4)20-25-10-8-7-9-11-25/h7-14,16-18,21,24,29H,5-6,15,19-20,22-23H2,1-4H3,(H,35,38). The zero-order chi connectivity index (χ0) is 28.9. The summed E-state index contributed by atoms with van der Waals surface area (Å²) in [6.07, 6.45) is 1.17. The van der Waals surface area contributed by atoms with Gasteiger partial charge in [-0.15, -0.1) is 0 Å². The minimum atomic E-state index is -0.663. The number of hydrogen-bond donors (Lipinski definition) is 1. The van der Waals surface area contributed by atoms with E-state index in [1.165, 1.54) is 0 Å². The molecular formula is C33H41ClN2O4. The zero-order valence-corrected chi connectivity index (χ0v) is 24.7. The molecule has 0 fully saturated rings. The SMILES string of the molecule is CCOc1ccc(CCC(=O)N(Cc2ccc(Cl)cc2)C(Cc2ccccc2)C(=O)NCC(C)C)cc1OCC. The number of ether oxygens (including phenoxy) is 2. The van der Waals surface area contributed by atoms with Crippen LogP contribution in [-0.2, 0) is 29.0 Å². The third kappa shape index (κ3) is 9.60. The molecule has 3 aromatic rings. The van der Waals surface area contributed by atoms with Crippen LogP contribution in [0.1, 0.15) is 50.8 Å². The largest absolute Gasteiger partial charge is 0.490 e. The van der Waals surface area contributed by atoms with Crippen LogP contribution in [0, 0.1) is 5.92 Å². The number of aryl methyl sites for hydroxylation is 1. The summed E-state index contributed by atoms with van der Waals surface area (Å²) in [6.45, 7) is 9.87. The molecule has 2 amide bonds. The second kappa shape index (κ2) is 15.9. The van der Waals surface area contributed by atoms with E-state index in [4.69, 9.17) is 21.1 Å². The Morgan fingerprint density at radius 3 is 2.15 bits per heavy atom. The fourth-order valence-corrected chi connectivity index (χ4v) is 4.53. The Hall–Kier alpha value is -3.51. The molecule has 0 spiro atoms. The van der Waals surface area contributed by atoms with Gasteiger partial charge in [0.05, 0.1) is 13.2 Å². The third-order valence-electron chi connectivity index (χ3n) is 6.46. The maximum atomic E-state index is 13.9. The third-order valence-corrected chi connectivity index (χ3v) is 6.71. The lowest BCUT2D eigenvalue weighted by molar-refractivity contribution is -0.141. The summed E-state index contributed by atoms with van der Waals surface area (Å²) < 4.78 is 11.5. The molecule has 40 heavy (non-hydrogen) atoms. The summed E-state index contributed by atoms with van der Waals surface area (Å²) in [5.41, 5.74) is 2.87. The van der Waals surface area contributed by atoms with Gasteiger partial charge < -0.3 is 19.7 Å². The number of benzene rings is 3. The van der Waals surface area contributed by atoms with Crippen LogP contribution in [0.2, 0.25) is 5.02 Å². The topological polar surface area (TPSA) is 67.9 Å². The van der Waals surface area contributed by atoms with Gasteiger partial charge >= 0.3 is 0 Å². The minimum Gasteiger partial charge on any atom is -0.490 e. The number of amides is 2. The molecule has 1 atom stereocenters. The minimum absolute atomic E-state index is 0.0950. The van der Waals surface area contributed by atoms with E-state index in [2.05, 4.69) is 19.2 Å². The Morgan fingerprint density at radius 2 is 1.50 bits per heavy atom. The van der Waals surface area contributed by atoms with Crippen LogP contribution in [0.25, 0.3) is 0 Å². The number of rotatable bonds is 15. The van der Waals surface area contributed by atoms with Gasteiger partial charge in [-0.3, -0.25) is 9.59 Å². The van der Waals surface area contributed by atoms with Crippen molar-refractivity contribution in [3.05, 3.63) is 94.5 Å². The van der Waals surface area contributed by atoms with Gasteiger partial charge in [0.15, 0.2) is 11.5 Å². The first kappa shape index (κ1) is 31.0. The highest BCUT2D eigenvalue weighted by atomic mass is 35.5. The first-order valence-corrected chi connectivity index (χ1v) is 14.4. The summed E-state index contributed by atoms with van der Waals surface area (Å²) >= 11 is 6.12. The van der Waals surface area contributed by atoms with Crippen LogP contribution < -0.4 is 14.8 Å². The Bertz CT molecular complexity index is 1210. The van der Waals surface area contributed by atoms with Gasteiger partial charge in [0, 0.05) is 31.0 Å². The first-order chi connectivity index (χ1) is 19.3. The molecule has 0 aromatic heterocycles. The number of halogens is 1. The molecule has 7 heteroatoms. The molecule has 0 aliphatic rings. The van der Waals surface area contributed by atoms with E-state index < -0.39 is 6.04 Å².